The first-order chi connectivity index (χ1) is 14.7. The summed E-state index contributed by atoms with van der Waals surface area (Å²) in [5.74, 6) is 2.69. The number of nitrogens with one attached hydrogen (secondary N) is 1. The monoisotopic (exact) mass is 461 g/mol. The molecule has 170 valence electrons. The van der Waals surface area contributed by atoms with E-state index >= 15 is 0 Å². The van der Waals surface area contributed by atoms with Crippen molar-refractivity contribution < 1.29 is 4.79 Å². The standard InChI is InChI=1S/C24H35N3O2S2/c1-6-27(31(5)12-8-7-9-13-31)24-18(4)21-20(30-24)10-11-26(23(21)29)15-19-16(2)14-17(3)25-22(19)28/h14H,6-13,15H2,1-5H3,(H,25,28). The summed E-state index contributed by atoms with van der Waals surface area (Å²) in [6, 6.07) is 1.98. The van der Waals surface area contributed by atoms with Crippen LogP contribution in [0.3, 0.4) is 0 Å². The van der Waals surface area contributed by atoms with Gasteiger partial charge in [0, 0.05) is 35.6 Å². The van der Waals surface area contributed by atoms with E-state index in [0.717, 1.165) is 35.3 Å². The first-order valence-corrected chi connectivity index (χ1v) is 14.5. The minimum absolute atomic E-state index is 0.0789. The van der Waals surface area contributed by atoms with Gasteiger partial charge in [0.05, 0.1) is 12.1 Å². The molecule has 2 aromatic rings. The van der Waals surface area contributed by atoms with E-state index in [4.69, 9.17) is 0 Å². The molecule has 4 rings (SSSR count). The van der Waals surface area contributed by atoms with E-state index in [9.17, 15) is 9.59 Å². The van der Waals surface area contributed by atoms with Crippen molar-refractivity contribution in [3.05, 3.63) is 49.2 Å². The second kappa shape index (κ2) is 8.66. The number of anilines is 1. The first-order valence-electron chi connectivity index (χ1n) is 11.4. The summed E-state index contributed by atoms with van der Waals surface area (Å²) in [5, 5.41) is 1.31. The van der Waals surface area contributed by atoms with E-state index in [1.165, 1.54) is 40.6 Å². The number of aromatic nitrogens is 1. The number of hydrogen-bond donors (Lipinski definition) is 1. The topological polar surface area (TPSA) is 56.4 Å². The van der Waals surface area contributed by atoms with Crippen LogP contribution in [0, 0.1) is 20.8 Å². The quantitative estimate of drug-likeness (QED) is 0.688. The van der Waals surface area contributed by atoms with Crippen LogP contribution in [0.25, 0.3) is 0 Å². The lowest BCUT2D eigenvalue weighted by molar-refractivity contribution is 0.0727. The molecule has 7 heteroatoms. The third kappa shape index (κ3) is 4.07. The van der Waals surface area contributed by atoms with Crippen molar-refractivity contribution in [3.8, 4) is 0 Å². The summed E-state index contributed by atoms with van der Waals surface area (Å²) in [5.41, 5.74) is 4.47. The number of hydrogen-bond acceptors (Lipinski definition) is 4. The summed E-state index contributed by atoms with van der Waals surface area (Å²) in [7, 11) is -0.828. The number of aryl methyl sites for hydroxylation is 2. The molecule has 31 heavy (non-hydrogen) atoms. The molecule has 0 spiro atoms. The molecule has 0 bridgehead atoms. The maximum absolute atomic E-state index is 13.5. The highest BCUT2D eigenvalue weighted by Crippen LogP contribution is 2.56. The van der Waals surface area contributed by atoms with Gasteiger partial charge in [0.2, 0.25) is 0 Å². The second-order valence-electron chi connectivity index (χ2n) is 9.14. The highest BCUT2D eigenvalue weighted by atomic mass is 32.3. The van der Waals surface area contributed by atoms with Crippen LogP contribution in [0.5, 0.6) is 0 Å². The summed E-state index contributed by atoms with van der Waals surface area (Å²) >= 11 is 1.84. The number of pyridine rings is 1. The molecule has 0 aromatic carbocycles. The van der Waals surface area contributed by atoms with Gasteiger partial charge in [0.1, 0.15) is 5.00 Å². The van der Waals surface area contributed by atoms with Crippen LogP contribution in [0.4, 0.5) is 5.00 Å². The first kappa shape index (κ1) is 22.5. The molecule has 0 radical (unpaired) electrons. The van der Waals surface area contributed by atoms with Crippen molar-refractivity contribution in [3.63, 3.8) is 0 Å². The Morgan fingerprint density at radius 3 is 2.52 bits per heavy atom. The average molecular weight is 462 g/mol. The molecule has 4 heterocycles. The Hall–Kier alpha value is -1.73. The molecular weight excluding hydrogens is 426 g/mol. The van der Waals surface area contributed by atoms with Crippen LogP contribution in [0.2, 0.25) is 0 Å². The highest BCUT2D eigenvalue weighted by molar-refractivity contribution is 8.34. The normalized spacial score (nSPS) is 19.3. The molecule has 1 saturated heterocycles. The number of nitrogens with zero attached hydrogens (tertiary/aromatic N) is 2. The van der Waals surface area contributed by atoms with E-state index in [0.29, 0.717) is 18.7 Å². The van der Waals surface area contributed by atoms with Gasteiger partial charge in [-0.2, -0.15) is 10.2 Å². The van der Waals surface area contributed by atoms with Crippen LogP contribution >= 0.6 is 21.6 Å². The van der Waals surface area contributed by atoms with E-state index in [1.807, 2.05) is 36.2 Å². The number of rotatable bonds is 5. The minimum Gasteiger partial charge on any atom is -0.334 e. The van der Waals surface area contributed by atoms with Gasteiger partial charge in [0.15, 0.2) is 0 Å². The zero-order chi connectivity index (χ0) is 22.3. The van der Waals surface area contributed by atoms with Gasteiger partial charge >= 0.3 is 0 Å². The summed E-state index contributed by atoms with van der Waals surface area (Å²) in [6.07, 6.45) is 7.35. The van der Waals surface area contributed by atoms with Crippen molar-refractivity contribution in [1.29, 1.82) is 0 Å². The molecule has 2 aliphatic rings. The molecule has 1 fully saturated rings. The van der Waals surface area contributed by atoms with Crippen LogP contribution in [0.1, 0.15) is 63.8 Å². The molecule has 0 unspecified atom stereocenters. The largest absolute Gasteiger partial charge is 0.334 e. The number of thiophene rings is 1. The third-order valence-electron chi connectivity index (χ3n) is 6.86. The Kier molecular flexibility index (Phi) is 6.28. The molecule has 0 saturated carbocycles. The Balaban J connectivity index is 1.64. The van der Waals surface area contributed by atoms with Gasteiger partial charge in [-0.3, -0.25) is 9.59 Å². The van der Waals surface area contributed by atoms with Crippen LogP contribution in [-0.2, 0) is 13.0 Å². The number of carbonyl (C=O) groups excluding carboxylic acids is 1. The van der Waals surface area contributed by atoms with Crippen molar-refractivity contribution in [1.82, 2.24) is 9.88 Å². The maximum Gasteiger partial charge on any atom is 0.255 e. The molecule has 1 amide bonds. The van der Waals surface area contributed by atoms with E-state index < -0.39 is 10.2 Å². The van der Waals surface area contributed by atoms with Gasteiger partial charge in [-0.25, -0.2) is 0 Å². The van der Waals surface area contributed by atoms with Crippen molar-refractivity contribution >= 4 is 32.5 Å². The van der Waals surface area contributed by atoms with Gasteiger partial charge in [-0.15, -0.1) is 11.3 Å². The number of amides is 1. The van der Waals surface area contributed by atoms with Crippen molar-refractivity contribution in [2.24, 2.45) is 0 Å². The Labute approximate surface area is 191 Å². The van der Waals surface area contributed by atoms with Crippen LogP contribution in [-0.4, -0.2) is 46.6 Å². The fourth-order valence-corrected chi connectivity index (χ4v) is 10.5. The Morgan fingerprint density at radius 2 is 1.87 bits per heavy atom. The molecule has 5 nitrogen and oxygen atoms in total. The molecule has 0 aliphatic carbocycles. The number of H-pyrrole nitrogens is 1. The van der Waals surface area contributed by atoms with Crippen molar-refractivity contribution in [2.45, 2.75) is 59.9 Å². The summed E-state index contributed by atoms with van der Waals surface area (Å²) in [6.45, 7) is 10.3. The smallest absolute Gasteiger partial charge is 0.255 e. The van der Waals surface area contributed by atoms with Crippen LogP contribution < -0.4 is 9.86 Å². The van der Waals surface area contributed by atoms with Crippen LogP contribution in [0.15, 0.2) is 10.9 Å². The van der Waals surface area contributed by atoms with E-state index in [2.05, 4.69) is 29.4 Å². The predicted molar refractivity (Wildman–Crippen MR) is 134 cm³/mol. The van der Waals surface area contributed by atoms with Gasteiger partial charge < -0.3 is 14.2 Å². The van der Waals surface area contributed by atoms with Gasteiger partial charge in [0.25, 0.3) is 11.5 Å². The lowest BCUT2D eigenvalue weighted by atomic mass is 10.0. The molecular formula is C24H35N3O2S2. The third-order valence-corrected chi connectivity index (χ3v) is 12.2. The molecule has 2 aromatic heterocycles. The molecule has 1 N–H and O–H groups in total. The zero-order valence-electron chi connectivity index (χ0n) is 19.5. The second-order valence-corrected chi connectivity index (χ2v) is 13.9. The maximum atomic E-state index is 13.5. The fourth-order valence-electron chi connectivity index (χ4n) is 5.15. The summed E-state index contributed by atoms with van der Waals surface area (Å²) in [4.78, 5) is 32.0. The lowest BCUT2D eigenvalue weighted by Gasteiger charge is -2.49. The summed E-state index contributed by atoms with van der Waals surface area (Å²) < 4.78 is 2.65. The number of carbonyl (C=O) groups is 1. The highest BCUT2D eigenvalue weighted by Gasteiger charge is 2.35. The van der Waals surface area contributed by atoms with Crippen molar-refractivity contribution in [2.75, 3.05) is 35.2 Å². The minimum atomic E-state index is -0.828. The Bertz CT molecular complexity index is 1050. The molecule has 0 atom stereocenters. The number of aromatic amines is 1. The Morgan fingerprint density at radius 1 is 1.16 bits per heavy atom. The average Bonchev–Trinajstić information content (AvgIpc) is 3.04. The van der Waals surface area contributed by atoms with Gasteiger partial charge in [-0.1, -0.05) is 6.42 Å². The lowest BCUT2D eigenvalue weighted by Crippen LogP contribution is -2.38. The zero-order valence-corrected chi connectivity index (χ0v) is 21.1. The SMILES string of the molecule is CCN(c1sc2c(c1C)C(=O)N(Cc1c(C)cc(C)[nH]c1=O)CC2)S1(C)CCCCC1. The van der Waals surface area contributed by atoms with Gasteiger partial charge in [-0.05, 0) is 75.5 Å². The predicted octanol–water partition coefficient (Wildman–Crippen LogP) is 4.92. The van der Waals surface area contributed by atoms with E-state index in [1.54, 1.807) is 0 Å². The number of fused-ring (bicyclic) bond motifs is 1. The molecule has 2 aliphatic heterocycles. The fraction of sp³-hybridized carbons (Fsp3) is 0.583. The van der Waals surface area contributed by atoms with E-state index in [-0.39, 0.29) is 11.5 Å².